The number of para-hydroxylation sites is 2. The Kier molecular flexibility index (Phi) is 6.34. The van der Waals surface area contributed by atoms with Crippen LogP contribution in [0.2, 0.25) is 0 Å². The smallest absolute Gasteiger partial charge is 0.273 e. The van der Waals surface area contributed by atoms with Crippen LogP contribution < -0.4 is 15.0 Å². The highest BCUT2D eigenvalue weighted by atomic mass is 16.5. The SMILES string of the molecule is CCC(C)NC(=O)c1coc(CN2CCN(c3ccccc3OC)CC2)n1. The van der Waals surface area contributed by atoms with E-state index in [9.17, 15) is 4.79 Å². The van der Waals surface area contributed by atoms with E-state index in [4.69, 9.17) is 9.15 Å². The summed E-state index contributed by atoms with van der Waals surface area (Å²) in [6.07, 6.45) is 2.32. The molecule has 0 radical (unpaired) electrons. The maximum absolute atomic E-state index is 12.1. The van der Waals surface area contributed by atoms with Gasteiger partial charge in [-0.1, -0.05) is 19.1 Å². The standard InChI is InChI=1S/C20H28N4O3/c1-4-15(2)21-20(25)16-14-27-19(22-16)13-23-9-11-24(12-10-23)17-7-5-6-8-18(17)26-3/h5-8,14-15H,4,9-13H2,1-3H3,(H,21,25). The molecule has 0 saturated carbocycles. The number of oxazole rings is 1. The number of nitrogens with zero attached hydrogens (tertiary/aromatic N) is 3. The number of aromatic nitrogens is 1. The number of rotatable bonds is 7. The molecule has 1 amide bonds. The lowest BCUT2D eigenvalue weighted by molar-refractivity contribution is 0.0934. The molecule has 1 aromatic carbocycles. The van der Waals surface area contributed by atoms with Gasteiger partial charge in [0.1, 0.15) is 12.0 Å². The second-order valence-electron chi connectivity index (χ2n) is 6.84. The van der Waals surface area contributed by atoms with Gasteiger partial charge in [-0.3, -0.25) is 9.69 Å². The number of methoxy groups -OCH3 is 1. The third-order valence-electron chi connectivity index (χ3n) is 4.93. The topological polar surface area (TPSA) is 70.8 Å². The van der Waals surface area contributed by atoms with Crippen molar-refractivity contribution in [1.82, 2.24) is 15.2 Å². The van der Waals surface area contributed by atoms with Crippen molar-refractivity contribution in [2.45, 2.75) is 32.9 Å². The summed E-state index contributed by atoms with van der Waals surface area (Å²) in [5.74, 6) is 1.30. The predicted octanol–water partition coefficient (Wildman–Crippen LogP) is 2.53. The maximum atomic E-state index is 12.1. The van der Waals surface area contributed by atoms with E-state index in [0.29, 0.717) is 18.1 Å². The molecule has 1 aliphatic heterocycles. The minimum atomic E-state index is -0.180. The first-order chi connectivity index (χ1) is 13.1. The number of benzene rings is 1. The monoisotopic (exact) mass is 372 g/mol. The zero-order chi connectivity index (χ0) is 19.2. The third kappa shape index (κ3) is 4.80. The van der Waals surface area contributed by atoms with Gasteiger partial charge in [-0.25, -0.2) is 4.98 Å². The average Bonchev–Trinajstić information content (AvgIpc) is 3.17. The lowest BCUT2D eigenvalue weighted by Crippen LogP contribution is -2.46. The van der Waals surface area contributed by atoms with Gasteiger partial charge in [0.25, 0.3) is 5.91 Å². The Morgan fingerprint density at radius 2 is 2.04 bits per heavy atom. The van der Waals surface area contributed by atoms with Crippen LogP contribution in [0, 0.1) is 0 Å². The van der Waals surface area contributed by atoms with Crippen molar-refractivity contribution >= 4 is 11.6 Å². The Hall–Kier alpha value is -2.54. The second kappa shape index (κ2) is 8.90. The first kappa shape index (κ1) is 19.2. The van der Waals surface area contributed by atoms with Gasteiger partial charge in [0.2, 0.25) is 5.89 Å². The molecular weight excluding hydrogens is 344 g/mol. The number of ether oxygens (including phenoxy) is 1. The molecule has 146 valence electrons. The van der Waals surface area contributed by atoms with Gasteiger partial charge < -0.3 is 19.4 Å². The molecule has 1 aromatic heterocycles. The van der Waals surface area contributed by atoms with Crippen LogP contribution in [-0.4, -0.2) is 55.1 Å². The van der Waals surface area contributed by atoms with E-state index < -0.39 is 0 Å². The van der Waals surface area contributed by atoms with Gasteiger partial charge in [-0.2, -0.15) is 0 Å². The van der Waals surface area contributed by atoms with E-state index in [0.717, 1.165) is 44.0 Å². The molecule has 1 atom stereocenters. The molecule has 1 unspecified atom stereocenters. The minimum absolute atomic E-state index is 0.126. The van der Waals surface area contributed by atoms with Gasteiger partial charge in [-0.05, 0) is 25.5 Å². The van der Waals surface area contributed by atoms with Crippen molar-refractivity contribution in [3.8, 4) is 5.75 Å². The van der Waals surface area contributed by atoms with Crippen LogP contribution in [-0.2, 0) is 6.54 Å². The van der Waals surface area contributed by atoms with E-state index in [1.54, 1.807) is 7.11 Å². The van der Waals surface area contributed by atoms with Gasteiger partial charge in [-0.15, -0.1) is 0 Å². The summed E-state index contributed by atoms with van der Waals surface area (Å²) in [7, 11) is 1.70. The fourth-order valence-corrected chi connectivity index (χ4v) is 3.12. The van der Waals surface area contributed by atoms with Crippen LogP contribution in [0.25, 0.3) is 0 Å². The highest BCUT2D eigenvalue weighted by Crippen LogP contribution is 2.28. The molecule has 1 aliphatic rings. The van der Waals surface area contributed by atoms with Crippen LogP contribution in [0.5, 0.6) is 5.75 Å². The van der Waals surface area contributed by atoms with Crippen molar-refractivity contribution in [2.24, 2.45) is 0 Å². The Labute approximate surface area is 160 Å². The first-order valence-corrected chi connectivity index (χ1v) is 9.46. The Bertz CT molecular complexity index is 753. The Balaban J connectivity index is 1.53. The number of hydrogen-bond donors (Lipinski definition) is 1. The minimum Gasteiger partial charge on any atom is -0.495 e. The number of hydrogen-bond acceptors (Lipinski definition) is 6. The molecular formula is C20H28N4O3. The number of carbonyl (C=O) groups is 1. The molecule has 3 rings (SSSR count). The summed E-state index contributed by atoms with van der Waals surface area (Å²) in [6, 6.07) is 8.21. The van der Waals surface area contributed by atoms with E-state index in [1.807, 2.05) is 32.0 Å². The molecule has 2 aromatic rings. The summed E-state index contributed by atoms with van der Waals surface area (Å²) >= 11 is 0. The highest BCUT2D eigenvalue weighted by Gasteiger charge is 2.21. The van der Waals surface area contributed by atoms with Crippen LogP contribution in [0.4, 0.5) is 5.69 Å². The van der Waals surface area contributed by atoms with E-state index in [1.165, 1.54) is 6.26 Å². The molecule has 0 bridgehead atoms. The van der Waals surface area contributed by atoms with Crippen molar-refractivity contribution < 1.29 is 13.9 Å². The number of nitrogens with one attached hydrogen (secondary N) is 1. The lowest BCUT2D eigenvalue weighted by atomic mass is 10.2. The van der Waals surface area contributed by atoms with Gasteiger partial charge in [0, 0.05) is 32.2 Å². The van der Waals surface area contributed by atoms with Crippen molar-refractivity contribution in [3.05, 3.63) is 42.1 Å². The van der Waals surface area contributed by atoms with Crippen LogP contribution >= 0.6 is 0 Å². The maximum Gasteiger partial charge on any atom is 0.273 e. The zero-order valence-corrected chi connectivity index (χ0v) is 16.3. The van der Waals surface area contributed by atoms with Crippen molar-refractivity contribution in [1.29, 1.82) is 0 Å². The molecule has 0 spiro atoms. The molecule has 0 aliphatic carbocycles. The van der Waals surface area contributed by atoms with Gasteiger partial charge >= 0.3 is 0 Å². The zero-order valence-electron chi connectivity index (χ0n) is 16.3. The third-order valence-corrected chi connectivity index (χ3v) is 4.93. The molecule has 7 heteroatoms. The fraction of sp³-hybridized carbons (Fsp3) is 0.500. The molecule has 2 heterocycles. The Morgan fingerprint density at radius 3 is 2.74 bits per heavy atom. The average molecular weight is 372 g/mol. The van der Waals surface area contributed by atoms with Crippen LogP contribution in [0.1, 0.15) is 36.6 Å². The highest BCUT2D eigenvalue weighted by molar-refractivity contribution is 5.92. The van der Waals surface area contributed by atoms with Crippen molar-refractivity contribution in [2.75, 3.05) is 38.2 Å². The molecule has 1 saturated heterocycles. The quantitative estimate of drug-likeness (QED) is 0.805. The number of piperazine rings is 1. The number of amides is 1. The molecule has 1 fully saturated rings. The molecule has 1 N–H and O–H groups in total. The number of carbonyl (C=O) groups excluding carboxylic acids is 1. The second-order valence-corrected chi connectivity index (χ2v) is 6.84. The van der Waals surface area contributed by atoms with E-state index in [2.05, 4.69) is 26.2 Å². The first-order valence-electron chi connectivity index (χ1n) is 9.46. The van der Waals surface area contributed by atoms with Crippen molar-refractivity contribution in [3.63, 3.8) is 0 Å². The molecule has 7 nitrogen and oxygen atoms in total. The van der Waals surface area contributed by atoms with Gasteiger partial charge in [0.15, 0.2) is 5.69 Å². The van der Waals surface area contributed by atoms with E-state index >= 15 is 0 Å². The Morgan fingerprint density at radius 1 is 1.30 bits per heavy atom. The summed E-state index contributed by atoms with van der Waals surface area (Å²) in [5, 5.41) is 2.90. The summed E-state index contributed by atoms with van der Waals surface area (Å²) in [4.78, 5) is 21.1. The number of anilines is 1. The summed E-state index contributed by atoms with van der Waals surface area (Å²) in [6.45, 7) is 8.22. The van der Waals surface area contributed by atoms with Crippen LogP contribution in [0.15, 0.2) is 34.9 Å². The predicted molar refractivity (Wildman–Crippen MR) is 104 cm³/mol. The van der Waals surface area contributed by atoms with E-state index in [-0.39, 0.29) is 11.9 Å². The normalized spacial score (nSPS) is 16.2. The largest absolute Gasteiger partial charge is 0.495 e. The lowest BCUT2D eigenvalue weighted by Gasteiger charge is -2.36. The summed E-state index contributed by atoms with van der Waals surface area (Å²) < 4.78 is 11.0. The van der Waals surface area contributed by atoms with Gasteiger partial charge in [0.05, 0.1) is 19.3 Å². The fourth-order valence-electron chi connectivity index (χ4n) is 3.12. The molecule has 27 heavy (non-hydrogen) atoms. The van der Waals surface area contributed by atoms with Crippen LogP contribution in [0.3, 0.4) is 0 Å². The summed E-state index contributed by atoms with van der Waals surface area (Å²) in [5.41, 5.74) is 1.47.